The first kappa shape index (κ1) is 17.9. The number of thioether (sulfide) groups is 1. The topological polar surface area (TPSA) is 130 Å². The number of β-lactam (4-membered cyclic amide) rings is 1. The maximum atomic E-state index is 12.7. The molecule has 0 radical (unpaired) electrons. The molecule has 4 rings (SSSR count). The van der Waals surface area contributed by atoms with E-state index in [1.165, 1.54) is 0 Å². The van der Waals surface area contributed by atoms with Gasteiger partial charge in [0.25, 0.3) is 0 Å². The summed E-state index contributed by atoms with van der Waals surface area (Å²) in [5, 5.41) is 16.9. The first-order valence-electron chi connectivity index (χ1n) is 8.71. The molecule has 0 saturated carbocycles. The predicted molar refractivity (Wildman–Crippen MR) is 99.2 cm³/mol. The molecule has 3 atom stereocenters. The Bertz CT molecular complexity index is 853. The molecule has 2 aromatic rings. The number of rotatable bonds is 5. The van der Waals surface area contributed by atoms with Gasteiger partial charge in [-0.3, -0.25) is 9.59 Å². The molecule has 2 aliphatic rings. The summed E-state index contributed by atoms with van der Waals surface area (Å²) in [5.41, 5.74) is 7.49. The molecule has 2 aliphatic heterocycles. The maximum absolute atomic E-state index is 12.7. The van der Waals surface area contributed by atoms with Gasteiger partial charge in [-0.1, -0.05) is 29.5 Å². The second kappa shape index (κ2) is 6.61. The third-order valence-electron chi connectivity index (χ3n) is 4.99. The van der Waals surface area contributed by atoms with Gasteiger partial charge >= 0.3 is 0 Å². The Morgan fingerprint density at radius 3 is 2.67 bits per heavy atom. The van der Waals surface area contributed by atoms with Crippen LogP contribution >= 0.6 is 11.8 Å². The Balaban J connectivity index is 1.43. The third-order valence-corrected chi connectivity index (χ3v) is 6.56. The van der Waals surface area contributed by atoms with Crippen molar-refractivity contribution in [2.24, 2.45) is 5.73 Å². The van der Waals surface area contributed by atoms with Gasteiger partial charge in [0.1, 0.15) is 17.5 Å². The lowest BCUT2D eigenvalue weighted by Gasteiger charge is -2.44. The van der Waals surface area contributed by atoms with Crippen molar-refractivity contribution in [2.75, 3.05) is 0 Å². The van der Waals surface area contributed by atoms with Crippen LogP contribution in [-0.2, 0) is 22.6 Å². The highest BCUT2D eigenvalue weighted by Gasteiger charge is 2.63. The first-order chi connectivity index (χ1) is 12.9. The lowest BCUT2D eigenvalue weighted by atomic mass is 9.95. The van der Waals surface area contributed by atoms with Crippen molar-refractivity contribution in [3.63, 3.8) is 0 Å². The number of hydrogen-bond acceptors (Lipinski definition) is 7. The van der Waals surface area contributed by atoms with Gasteiger partial charge in [-0.25, -0.2) is 0 Å². The molecule has 3 unspecified atom stereocenters. The summed E-state index contributed by atoms with van der Waals surface area (Å²) in [6.45, 7) is 4.56. The van der Waals surface area contributed by atoms with E-state index in [0.717, 1.165) is 11.1 Å². The van der Waals surface area contributed by atoms with Crippen LogP contribution in [0.25, 0.3) is 0 Å². The summed E-state index contributed by atoms with van der Waals surface area (Å²) in [4.78, 5) is 26.9. The van der Waals surface area contributed by atoms with Gasteiger partial charge in [0.05, 0.1) is 6.42 Å². The van der Waals surface area contributed by atoms with Crippen molar-refractivity contribution in [1.29, 1.82) is 0 Å². The fraction of sp³-hybridized carbons (Fsp3) is 0.471. The highest BCUT2D eigenvalue weighted by atomic mass is 32.2. The number of aromatic nitrogens is 4. The van der Waals surface area contributed by atoms with Crippen LogP contribution in [-0.4, -0.2) is 53.5 Å². The second-order valence-corrected chi connectivity index (χ2v) is 9.04. The molecule has 4 N–H and O–H groups in total. The molecule has 9 nitrogen and oxygen atoms in total. The number of nitrogens with two attached hydrogens (primary N) is 1. The molecule has 3 heterocycles. The van der Waals surface area contributed by atoms with E-state index in [1.807, 2.05) is 38.1 Å². The Morgan fingerprint density at radius 1 is 1.33 bits per heavy atom. The van der Waals surface area contributed by atoms with E-state index in [4.69, 9.17) is 5.73 Å². The van der Waals surface area contributed by atoms with Crippen LogP contribution < -0.4 is 11.1 Å². The van der Waals surface area contributed by atoms with Gasteiger partial charge in [0.2, 0.25) is 11.8 Å². The Labute approximate surface area is 160 Å². The number of amides is 2. The van der Waals surface area contributed by atoms with Crippen LogP contribution in [0.2, 0.25) is 0 Å². The Kier molecular flexibility index (Phi) is 4.39. The Morgan fingerprint density at radius 2 is 2.04 bits per heavy atom. The number of carbonyl (C=O) groups is 2. The largest absolute Gasteiger partial charge is 0.341 e. The molecular formula is C17H21N7O2S. The number of nitrogens with zero attached hydrogens (tertiary/aromatic N) is 4. The highest BCUT2D eigenvalue weighted by Crippen LogP contribution is 2.56. The van der Waals surface area contributed by atoms with Crippen LogP contribution in [0.1, 0.15) is 36.8 Å². The van der Waals surface area contributed by atoms with Crippen molar-refractivity contribution in [3.05, 3.63) is 41.2 Å². The number of benzene rings is 1. The van der Waals surface area contributed by atoms with Gasteiger partial charge in [-0.15, -0.1) is 22.0 Å². The minimum absolute atomic E-state index is 0.111. The van der Waals surface area contributed by atoms with Crippen molar-refractivity contribution in [2.45, 2.75) is 49.0 Å². The summed E-state index contributed by atoms with van der Waals surface area (Å²) in [6.07, 6.45) is 0.226. The zero-order valence-electron chi connectivity index (χ0n) is 15.0. The minimum Gasteiger partial charge on any atom is -0.341 e. The summed E-state index contributed by atoms with van der Waals surface area (Å²) < 4.78 is -0.276. The number of H-pyrrole nitrogens is 1. The van der Waals surface area contributed by atoms with Crippen LogP contribution in [0.5, 0.6) is 0 Å². The highest BCUT2D eigenvalue weighted by molar-refractivity contribution is 8.01. The molecule has 2 saturated heterocycles. The molecule has 142 valence electrons. The van der Waals surface area contributed by atoms with Crippen LogP contribution in [0, 0.1) is 0 Å². The smallest absolute Gasteiger partial charge is 0.249 e. The number of nitrogens with one attached hydrogen (secondary N) is 2. The average Bonchev–Trinajstić information content (AvgIpc) is 3.24. The predicted octanol–water partition coefficient (Wildman–Crippen LogP) is 0.121. The Hall–Kier alpha value is -2.46. The average molecular weight is 387 g/mol. The molecule has 0 aliphatic carbocycles. The second-order valence-electron chi connectivity index (χ2n) is 7.27. The van der Waals surface area contributed by atoms with E-state index in [-0.39, 0.29) is 34.4 Å². The van der Waals surface area contributed by atoms with E-state index in [0.29, 0.717) is 12.4 Å². The maximum Gasteiger partial charge on any atom is 0.249 e. The summed E-state index contributed by atoms with van der Waals surface area (Å²) in [6, 6.07) is 6.79. The lowest BCUT2D eigenvalue weighted by molar-refractivity contribution is -0.151. The third kappa shape index (κ3) is 3.08. The molecule has 27 heavy (non-hydrogen) atoms. The van der Waals surface area contributed by atoms with Gasteiger partial charge < -0.3 is 16.0 Å². The SMILES string of the molecule is CC1(C)SC2C(NC(=O)Cc3ccc(CN)cc3)C(=O)N2C1c1nn[nH]n1. The van der Waals surface area contributed by atoms with Crippen molar-refractivity contribution < 1.29 is 9.59 Å². The molecule has 10 heteroatoms. The lowest BCUT2D eigenvalue weighted by Crippen LogP contribution is -2.68. The van der Waals surface area contributed by atoms with E-state index < -0.39 is 6.04 Å². The van der Waals surface area contributed by atoms with Crippen LogP contribution in [0.15, 0.2) is 24.3 Å². The summed E-state index contributed by atoms with van der Waals surface area (Å²) >= 11 is 1.64. The van der Waals surface area contributed by atoms with E-state index in [2.05, 4.69) is 25.9 Å². The molecule has 0 bridgehead atoms. The zero-order chi connectivity index (χ0) is 19.2. The molecule has 1 aromatic heterocycles. The number of tetrazole rings is 1. The quantitative estimate of drug-likeness (QED) is 0.621. The normalized spacial score (nSPS) is 25.8. The van der Waals surface area contributed by atoms with Crippen LogP contribution in [0.4, 0.5) is 0 Å². The van der Waals surface area contributed by atoms with E-state index in [1.54, 1.807) is 16.7 Å². The monoisotopic (exact) mass is 387 g/mol. The number of aromatic amines is 1. The number of carbonyl (C=O) groups excluding carboxylic acids is 2. The zero-order valence-corrected chi connectivity index (χ0v) is 15.9. The van der Waals surface area contributed by atoms with Gasteiger partial charge in [-0.2, -0.15) is 5.21 Å². The van der Waals surface area contributed by atoms with Gasteiger partial charge in [-0.05, 0) is 25.0 Å². The van der Waals surface area contributed by atoms with E-state index >= 15 is 0 Å². The summed E-state index contributed by atoms with van der Waals surface area (Å²) in [7, 11) is 0. The number of hydrogen-bond donors (Lipinski definition) is 3. The number of fused-ring (bicyclic) bond motifs is 1. The molecule has 1 aromatic carbocycles. The van der Waals surface area contributed by atoms with Gasteiger partial charge in [0, 0.05) is 11.3 Å². The minimum atomic E-state index is -0.526. The molecule has 2 amide bonds. The van der Waals surface area contributed by atoms with Crippen molar-refractivity contribution in [1.82, 2.24) is 30.8 Å². The molecule has 2 fully saturated rings. The van der Waals surface area contributed by atoms with Crippen molar-refractivity contribution in [3.8, 4) is 0 Å². The first-order valence-corrected chi connectivity index (χ1v) is 9.59. The van der Waals surface area contributed by atoms with Crippen LogP contribution in [0.3, 0.4) is 0 Å². The molecular weight excluding hydrogens is 366 g/mol. The standard InChI is InChI=1S/C17H21N7O2S/c1-17(2)13(14-20-22-23-21-14)24-15(26)12(16(24)27-17)19-11(25)7-9-3-5-10(8-18)6-4-9/h3-6,12-13,16H,7-8,18H2,1-2H3,(H,19,25)(H,20,21,22,23). The fourth-order valence-electron chi connectivity index (χ4n) is 3.65. The van der Waals surface area contributed by atoms with E-state index in [9.17, 15) is 9.59 Å². The molecule has 0 spiro atoms. The summed E-state index contributed by atoms with van der Waals surface area (Å²) in [5.74, 6) is 0.211. The van der Waals surface area contributed by atoms with Gasteiger partial charge in [0.15, 0.2) is 5.82 Å². The fourth-order valence-corrected chi connectivity index (χ4v) is 5.28. The van der Waals surface area contributed by atoms with Crippen molar-refractivity contribution >= 4 is 23.6 Å².